The number of aromatic amines is 1. The maximum absolute atomic E-state index is 12.1. The second-order valence-corrected chi connectivity index (χ2v) is 5.68. The van der Waals surface area contributed by atoms with Crippen molar-refractivity contribution in [3.63, 3.8) is 0 Å². The third kappa shape index (κ3) is 3.23. The maximum atomic E-state index is 12.1. The van der Waals surface area contributed by atoms with Crippen molar-refractivity contribution in [1.82, 2.24) is 14.9 Å². The van der Waals surface area contributed by atoms with E-state index < -0.39 is 0 Å². The van der Waals surface area contributed by atoms with Crippen LogP contribution in [-0.4, -0.2) is 21.9 Å². The van der Waals surface area contributed by atoms with E-state index in [0.29, 0.717) is 6.54 Å². The molecule has 0 fully saturated rings. The Morgan fingerprint density at radius 1 is 1.14 bits per heavy atom. The number of pyridine rings is 2. The maximum Gasteiger partial charge on any atom is 0.189 e. The summed E-state index contributed by atoms with van der Waals surface area (Å²) in [6, 6.07) is 13.4. The monoisotopic (exact) mass is 293 g/mol. The summed E-state index contributed by atoms with van der Waals surface area (Å²) in [5.41, 5.74) is 4.12. The average Bonchev–Trinajstić information content (AvgIpc) is 2.47. The Hall–Kier alpha value is -2.46. The minimum Gasteiger partial charge on any atom is -0.357 e. The number of aryl methyl sites for hydroxylation is 1. The third-order valence-corrected chi connectivity index (χ3v) is 3.65. The molecule has 4 heteroatoms. The lowest BCUT2D eigenvalue weighted by Crippen LogP contribution is -2.19. The zero-order valence-electron chi connectivity index (χ0n) is 12.8. The van der Waals surface area contributed by atoms with Crippen molar-refractivity contribution in [1.29, 1.82) is 0 Å². The van der Waals surface area contributed by atoms with E-state index >= 15 is 0 Å². The first-order valence-corrected chi connectivity index (χ1v) is 7.33. The number of H-pyrrole nitrogens is 1. The summed E-state index contributed by atoms with van der Waals surface area (Å²) in [6.07, 6.45) is 1.83. The van der Waals surface area contributed by atoms with Crippen LogP contribution in [0.3, 0.4) is 0 Å². The highest BCUT2D eigenvalue weighted by atomic mass is 16.1. The van der Waals surface area contributed by atoms with Crippen molar-refractivity contribution in [3.05, 3.63) is 75.8 Å². The molecule has 0 aliphatic rings. The van der Waals surface area contributed by atoms with Crippen molar-refractivity contribution in [2.75, 3.05) is 7.05 Å². The van der Waals surface area contributed by atoms with Gasteiger partial charge in [-0.15, -0.1) is 0 Å². The molecule has 0 unspecified atom stereocenters. The van der Waals surface area contributed by atoms with E-state index in [-0.39, 0.29) is 5.43 Å². The van der Waals surface area contributed by atoms with Gasteiger partial charge in [0.05, 0.1) is 0 Å². The average molecular weight is 293 g/mol. The van der Waals surface area contributed by atoms with Gasteiger partial charge in [0, 0.05) is 47.6 Å². The number of benzene rings is 1. The highest BCUT2D eigenvalue weighted by molar-refractivity contribution is 5.78. The molecule has 3 rings (SSSR count). The largest absolute Gasteiger partial charge is 0.357 e. The Kier molecular flexibility index (Phi) is 4.02. The van der Waals surface area contributed by atoms with Crippen molar-refractivity contribution in [3.8, 4) is 0 Å². The highest BCUT2D eigenvalue weighted by Gasteiger charge is 2.06. The molecule has 2 heterocycles. The number of hydrogen-bond donors (Lipinski definition) is 1. The summed E-state index contributed by atoms with van der Waals surface area (Å²) in [6.45, 7) is 3.50. The third-order valence-electron chi connectivity index (χ3n) is 3.65. The van der Waals surface area contributed by atoms with Crippen LogP contribution in [0, 0.1) is 6.92 Å². The lowest BCUT2D eigenvalue weighted by molar-refractivity contribution is 0.315. The first-order chi connectivity index (χ1) is 10.6. The van der Waals surface area contributed by atoms with Crippen molar-refractivity contribution in [2.45, 2.75) is 20.0 Å². The number of rotatable bonds is 4. The molecule has 3 aromatic rings. The molecule has 0 radical (unpaired) electrons. The number of nitrogens with one attached hydrogen (secondary N) is 1. The Bertz CT molecular complexity index is 854. The topological polar surface area (TPSA) is 49.0 Å². The van der Waals surface area contributed by atoms with Gasteiger partial charge in [-0.1, -0.05) is 12.1 Å². The summed E-state index contributed by atoms with van der Waals surface area (Å²) in [4.78, 5) is 21.9. The Morgan fingerprint density at radius 3 is 2.77 bits per heavy atom. The van der Waals surface area contributed by atoms with Gasteiger partial charge in [0.1, 0.15) is 0 Å². The zero-order valence-corrected chi connectivity index (χ0v) is 12.8. The van der Waals surface area contributed by atoms with E-state index in [9.17, 15) is 4.79 Å². The molecule has 0 atom stereocenters. The van der Waals surface area contributed by atoms with E-state index in [2.05, 4.69) is 20.9 Å². The number of fused-ring (bicyclic) bond motifs is 1. The van der Waals surface area contributed by atoms with Gasteiger partial charge >= 0.3 is 0 Å². The highest BCUT2D eigenvalue weighted by Crippen LogP contribution is 2.10. The van der Waals surface area contributed by atoms with Crippen LogP contribution >= 0.6 is 0 Å². The smallest absolute Gasteiger partial charge is 0.189 e. The van der Waals surface area contributed by atoms with Crippen LogP contribution in [0.2, 0.25) is 0 Å². The summed E-state index contributed by atoms with van der Waals surface area (Å²) < 4.78 is 0. The van der Waals surface area contributed by atoms with Gasteiger partial charge in [-0.25, -0.2) is 0 Å². The predicted molar refractivity (Wildman–Crippen MR) is 88.7 cm³/mol. The standard InChI is InChI=1S/C18H19N3O/c1-13-9-14(7-8-19-13)11-21(2)12-15-10-18(22)16-5-3-4-6-17(16)20-15/h3-10H,11-12H2,1-2H3,(H,20,22). The molecule has 2 aromatic heterocycles. The number of aromatic nitrogens is 2. The minimum atomic E-state index is 0.0671. The molecule has 1 aromatic carbocycles. The molecule has 0 saturated carbocycles. The van der Waals surface area contributed by atoms with Crippen molar-refractivity contribution < 1.29 is 0 Å². The molecule has 22 heavy (non-hydrogen) atoms. The fourth-order valence-electron chi connectivity index (χ4n) is 2.70. The SMILES string of the molecule is Cc1cc(CN(C)Cc2cc(=O)c3ccccc3[nH]2)ccn1. The normalized spacial score (nSPS) is 11.2. The van der Waals surface area contributed by atoms with Gasteiger partial charge in [0.25, 0.3) is 0 Å². The molecule has 1 N–H and O–H groups in total. The van der Waals surface area contributed by atoms with Crippen LogP contribution in [0.1, 0.15) is 17.0 Å². The Labute approximate surface area is 129 Å². The predicted octanol–water partition coefficient (Wildman–Crippen LogP) is 2.86. The quantitative estimate of drug-likeness (QED) is 0.804. The van der Waals surface area contributed by atoms with Crippen LogP contribution in [-0.2, 0) is 13.1 Å². The second kappa shape index (κ2) is 6.12. The van der Waals surface area contributed by atoms with Gasteiger partial charge in [-0.2, -0.15) is 0 Å². The molecule has 0 spiro atoms. The summed E-state index contributed by atoms with van der Waals surface area (Å²) >= 11 is 0. The van der Waals surface area contributed by atoms with E-state index in [4.69, 9.17) is 0 Å². The first-order valence-electron chi connectivity index (χ1n) is 7.33. The number of para-hydroxylation sites is 1. The van der Waals surface area contributed by atoms with Crippen LogP contribution < -0.4 is 5.43 Å². The molecule has 0 aliphatic carbocycles. The van der Waals surface area contributed by atoms with Crippen LogP contribution in [0.4, 0.5) is 0 Å². The first kappa shape index (κ1) is 14.5. The molecular weight excluding hydrogens is 274 g/mol. The number of nitrogens with zero attached hydrogens (tertiary/aromatic N) is 2. The van der Waals surface area contributed by atoms with Crippen LogP contribution in [0.25, 0.3) is 10.9 Å². The molecular formula is C18H19N3O. The van der Waals surface area contributed by atoms with Gasteiger partial charge < -0.3 is 4.98 Å². The zero-order chi connectivity index (χ0) is 15.5. The summed E-state index contributed by atoms with van der Waals surface area (Å²) in [5, 5.41) is 0.735. The van der Waals surface area contributed by atoms with Crippen LogP contribution in [0.15, 0.2) is 53.5 Å². The summed E-state index contributed by atoms with van der Waals surface area (Å²) in [7, 11) is 2.04. The van der Waals surface area contributed by atoms with Crippen LogP contribution in [0.5, 0.6) is 0 Å². The molecule has 0 saturated heterocycles. The van der Waals surface area contributed by atoms with E-state index in [1.807, 2.05) is 50.5 Å². The molecule has 0 bridgehead atoms. The lowest BCUT2D eigenvalue weighted by atomic mass is 10.2. The minimum absolute atomic E-state index is 0.0671. The summed E-state index contributed by atoms with van der Waals surface area (Å²) in [5.74, 6) is 0. The van der Waals surface area contributed by atoms with Gasteiger partial charge in [0.2, 0.25) is 0 Å². The van der Waals surface area contributed by atoms with Gasteiger partial charge in [0.15, 0.2) is 5.43 Å². The Balaban J connectivity index is 1.79. The van der Waals surface area contributed by atoms with Crippen molar-refractivity contribution >= 4 is 10.9 Å². The fraction of sp³-hybridized carbons (Fsp3) is 0.222. The molecule has 0 amide bonds. The molecule has 112 valence electrons. The van der Waals surface area contributed by atoms with E-state index in [0.717, 1.165) is 28.8 Å². The molecule has 4 nitrogen and oxygen atoms in total. The van der Waals surface area contributed by atoms with Gasteiger partial charge in [-0.3, -0.25) is 14.7 Å². The van der Waals surface area contributed by atoms with Crippen molar-refractivity contribution in [2.24, 2.45) is 0 Å². The number of hydrogen-bond acceptors (Lipinski definition) is 3. The molecule has 0 aliphatic heterocycles. The lowest BCUT2D eigenvalue weighted by Gasteiger charge is -2.17. The second-order valence-electron chi connectivity index (χ2n) is 5.68. The van der Waals surface area contributed by atoms with E-state index in [1.54, 1.807) is 6.07 Å². The fourth-order valence-corrected chi connectivity index (χ4v) is 2.70. The van der Waals surface area contributed by atoms with Gasteiger partial charge in [-0.05, 0) is 43.8 Å². The van der Waals surface area contributed by atoms with E-state index in [1.165, 1.54) is 5.56 Å². The Morgan fingerprint density at radius 2 is 1.95 bits per heavy atom.